The molecule has 3 nitrogen and oxygen atoms in total. The lowest BCUT2D eigenvalue weighted by Crippen LogP contribution is -2.26. The van der Waals surface area contributed by atoms with Crippen LogP contribution in [0.2, 0.25) is 5.15 Å². The first-order chi connectivity index (χ1) is 7.68. The lowest BCUT2D eigenvalue weighted by molar-refractivity contribution is 0.726. The zero-order valence-corrected chi connectivity index (χ0v) is 10.7. The third-order valence-electron chi connectivity index (χ3n) is 3.15. The highest BCUT2D eigenvalue weighted by Gasteiger charge is 2.16. The average Bonchev–Trinajstić information content (AvgIpc) is 2.52. The summed E-state index contributed by atoms with van der Waals surface area (Å²) in [4.78, 5) is 11.2. The first kappa shape index (κ1) is 11.6. The molecule has 2 heterocycles. The molecule has 1 aliphatic heterocycles. The number of anilines is 1. The molecule has 0 saturated carbocycles. The molecule has 16 heavy (non-hydrogen) atoms. The molecule has 2 rings (SSSR count). The van der Waals surface area contributed by atoms with Crippen LogP contribution in [0.25, 0.3) is 0 Å². The van der Waals surface area contributed by atoms with E-state index in [1.165, 1.54) is 25.7 Å². The summed E-state index contributed by atoms with van der Waals surface area (Å²) in [5.41, 5.74) is 1.90. The fraction of sp³-hybridized carbons (Fsp3) is 0.667. The number of hydrogen-bond donors (Lipinski definition) is 0. The van der Waals surface area contributed by atoms with Gasteiger partial charge in [-0.3, -0.25) is 0 Å². The van der Waals surface area contributed by atoms with E-state index < -0.39 is 0 Å². The maximum absolute atomic E-state index is 6.17. The normalized spacial score (nSPS) is 17.3. The van der Waals surface area contributed by atoms with E-state index >= 15 is 0 Å². The topological polar surface area (TPSA) is 29.0 Å². The zero-order valence-electron chi connectivity index (χ0n) is 9.96. The molecule has 0 aliphatic carbocycles. The van der Waals surface area contributed by atoms with Crippen molar-refractivity contribution in [3.63, 3.8) is 0 Å². The molecule has 88 valence electrons. The van der Waals surface area contributed by atoms with Crippen molar-refractivity contribution in [2.45, 2.75) is 39.5 Å². The summed E-state index contributed by atoms with van der Waals surface area (Å²) in [5, 5.41) is 0.546. The van der Waals surface area contributed by atoms with Crippen molar-refractivity contribution in [2.24, 2.45) is 0 Å². The Morgan fingerprint density at radius 2 is 1.50 bits per heavy atom. The SMILES string of the molecule is Cc1nc(Cl)c(N2CCCCCC2)nc1C. The molecule has 1 aliphatic rings. The van der Waals surface area contributed by atoms with Gasteiger partial charge in [0.15, 0.2) is 11.0 Å². The Morgan fingerprint density at radius 1 is 0.938 bits per heavy atom. The third-order valence-corrected chi connectivity index (χ3v) is 3.41. The first-order valence-electron chi connectivity index (χ1n) is 5.94. The Kier molecular flexibility index (Phi) is 3.64. The number of nitrogens with zero attached hydrogens (tertiary/aromatic N) is 3. The molecule has 0 amide bonds. The van der Waals surface area contributed by atoms with Crippen LogP contribution >= 0.6 is 11.6 Å². The number of rotatable bonds is 1. The van der Waals surface area contributed by atoms with E-state index in [-0.39, 0.29) is 0 Å². The largest absolute Gasteiger partial charge is 0.354 e. The van der Waals surface area contributed by atoms with Crippen LogP contribution in [0.15, 0.2) is 0 Å². The van der Waals surface area contributed by atoms with Crippen molar-refractivity contribution in [3.05, 3.63) is 16.5 Å². The summed E-state index contributed by atoms with van der Waals surface area (Å²) in [6.45, 7) is 6.04. The summed E-state index contributed by atoms with van der Waals surface area (Å²) in [7, 11) is 0. The van der Waals surface area contributed by atoms with Crippen molar-refractivity contribution < 1.29 is 0 Å². The van der Waals surface area contributed by atoms with Crippen LogP contribution in [0.4, 0.5) is 5.82 Å². The molecule has 1 aromatic heterocycles. The molecule has 0 spiro atoms. The van der Waals surface area contributed by atoms with E-state index in [9.17, 15) is 0 Å². The van der Waals surface area contributed by atoms with E-state index in [2.05, 4.69) is 14.9 Å². The second-order valence-electron chi connectivity index (χ2n) is 4.41. The van der Waals surface area contributed by atoms with Crippen LogP contribution in [-0.2, 0) is 0 Å². The van der Waals surface area contributed by atoms with Gasteiger partial charge >= 0.3 is 0 Å². The lowest BCUT2D eigenvalue weighted by Gasteiger charge is -2.22. The number of halogens is 1. The molecule has 1 saturated heterocycles. The predicted molar refractivity (Wildman–Crippen MR) is 67.2 cm³/mol. The fourth-order valence-electron chi connectivity index (χ4n) is 2.05. The smallest absolute Gasteiger partial charge is 0.171 e. The van der Waals surface area contributed by atoms with E-state index in [4.69, 9.17) is 11.6 Å². The standard InChI is InChI=1S/C12H18ClN3/c1-9-10(2)15-12(11(13)14-9)16-7-5-3-4-6-8-16/h3-8H2,1-2H3. The van der Waals surface area contributed by atoms with Crippen LogP contribution in [0, 0.1) is 13.8 Å². The quantitative estimate of drug-likeness (QED) is 0.754. The Morgan fingerprint density at radius 3 is 2.12 bits per heavy atom. The minimum Gasteiger partial charge on any atom is -0.354 e. The Hall–Kier alpha value is -0.830. The summed E-state index contributed by atoms with van der Waals surface area (Å²) in [6.07, 6.45) is 5.08. The zero-order chi connectivity index (χ0) is 11.5. The number of aromatic nitrogens is 2. The summed E-state index contributed by atoms with van der Waals surface area (Å²) >= 11 is 6.17. The van der Waals surface area contributed by atoms with Gasteiger partial charge in [-0.15, -0.1) is 0 Å². The van der Waals surface area contributed by atoms with E-state index in [0.29, 0.717) is 5.15 Å². The van der Waals surface area contributed by atoms with Gasteiger partial charge < -0.3 is 4.90 Å². The first-order valence-corrected chi connectivity index (χ1v) is 6.32. The Bertz CT molecular complexity index is 371. The molecule has 0 atom stereocenters. The molecule has 1 aromatic rings. The second kappa shape index (κ2) is 5.00. The van der Waals surface area contributed by atoms with Crippen LogP contribution in [-0.4, -0.2) is 23.1 Å². The van der Waals surface area contributed by atoms with Gasteiger partial charge in [0, 0.05) is 13.1 Å². The van der Waals surface area contributed by atoms with Gasteiger partial charge in [-0.1, -0.05) is 24.4 Å². The maximum Gasteiger partial charge on any atom is 0.171 e. The minimum absolute atomic E-state index is 0.546. The van der Waals surface area contributed by atoms with Gasteiger partial charge in [0.25, 0.3) is 0 Å². The third kappa shape index (κ3) is 2.46. The minimum atomic E-state index is 0.546. The van der Waals surface area contributed by atoms with Crippen molar-refractivity contribution in [2.75, 3.05) is 18.0 Å². The number of aryl methyl sites for hydroxylation is 2. The van der Waals surface area contributed by atoms with Gasteiger partial charge in [0.2, 0.25) is 0 Å². The summed E-state index contributed by atoms with van der Waals surface area (Å²) < 4.78 is 0. The highest BCUT2D eigenvalue weighted by molar-refractivity contribution is 6.31. The second-order valence-corrected chi connectivity index (χ2v) is 4.77. The van der Waals surface area contributed by atoms with Crippen LogP contribution in [0.3, 0.4) is 0 Å². The molecule has 4 heteroatoms. The summed E-state index contributed by atoms with van der Waals surface area (Å²) in [6, 6.07) is 0. The van der Waals surface area contributed by atoms with E-state index in [1.54, 1.807) is 0 Å². The van der Waals surface area contributed by atoms with Crippen LogP contribution < -0.4 is 4.90 Å². The van der Waals surface area contributed by atoms with Gasteiger partial charge in [-0.25, -0.2) is 9.97 Å². The van der Waals surface area contributed by atoms with Gasteiger partial charge in [-0.2, -0.15) is 0 Å². The van der Waals surface area contributed by atoms with Gasteiger partial charge in [0.1, 0.15) is 0 Å². The molecular weight excluding hydrogens is 222 g/mol. The number of hydrogen-bond acceptors (Lipinski definition) is 3. The maximum atomic E-state index is 6.17. The van der Waals surface area contributed by atoms with Crippen molar-refractivity contribution in [1.82, 2.24) is 9.97 Å². The molecule has 0 aromatic carbocycles. The Balaban J connectivity index is 2.27. The molecule has 1 fully saturated rings. The molecule has 0 unspecified atom stereocenters. The van der Waals surface area contributed by atoms with Crippen molar-refractivity contribution >= 4 is 17.4 Å². The van der Waals surface area contributed by atoms with Crippen LogP contribution in [0.5, 0.6) is 0 Å². The van der Waals surface area contributed by atoms with Crippen molar-refractivity contribution in [1.29, 1.82) is 0 Å². The monoisotopic (exact) mass is 239 g/mol. The van der Waals surface area contributed by atoms with Gasteiger partial charge in [0.05, 0.1) is 11.4 Å². The lowest BCUT2D eigenvalue weighted by atomic mass is 10.2. The Labute approximate surface area is 102 Å². The van der Waals surface area contributed by atoms with E-state index in [1.807, 2.05) is 13.8 Å². The summed E-state index contributed by atoms with van der Waals surface area (Å²) in [5.74, 6) is 0.867. The molecular formula is C12H18ClN3. The average molecular weight is 240 g/mol. The highest BCUT2D eigenvalue weighted by atomic mass is 35.5. The highest BCUT2D eigenvalue weighted by Crippen LogP contribution is 2.25. The van der Waals surface area contributed by atoms with Crippen molar-refractivity contribution in [3.8, 4) is 0 Å². The van der Waals surface area contributed by atoms with Crippen LogP contribution in [0.1, 0.15) is 37.1 Å². The van der Waals surface area contributed by atoms with E-state index in [0.717, 1.165) is 30.3 Å². The molecule has 0 radical (unpaired) electrons. The van der Waals surface area contributed by atoms with Gasteiger partial charge in [-0.05, 0) is 26.7 Å². The molecule has 0 N–H and O–H groups in total. The fourth-order valence-corrected chi connectivity index (χ4v) is 2.34. The predicted octanol–water partition coefficient (Wildman–Crippen LogP) is 3.13. The molecule has 0 bridgehead atoms.